The van der Waals surface area contributed by atoms with Crippen LogP contribution in [0.3, 0.4) is 0 Å². The molecule has 1 N–H and O–H groups in total. The van der Waals surface area contributed by atoms with Crippen molar-refractivity contribution in [3.05, 3.63) is 50.5 Å². The lowest BCUT2D eigenvalue weighted by atomic mass is 10.2. The number of anilines is 1. The predicted molar refractivity (Wildman–Crippen MR) is 74.0 cm³/mol. The van der Waals surface area contributed by atoms with Gasteiger partial charge in [0.2, 0.25) is 5.69 Å². The Morgan fingerprint density at radius 3 is 2.76 bits per heavy atom. The molecular weight excluding hydrogens is 303 g/mol. The zero-order valence-electron chi connectivity index (χ0n) is 11.1. The van der Waals surface area contributed by atoms with Crippen LogP contribution in [0.2, 0.25) is 5.02 Å². The molecule has 1 heterocycles. The molecule has 1 amide bonds. The second-order valence-corrected chi connectivity index (χ2v) is 4.68. The van der Waals surface area contributed by atoms with Gasteiger partial charge in [-0.2, -0.15) is 5.10 Å². The van der Waals surface area contributed by atoms with E-state index in [9.17, 15) is 19.3 Å². The molecule has 7 nitrogen and oxygen atoms in total. The van der Waals surface area contributed by atoms with Crippen molar-refractivity contribution in [2.45, 2.75) is 6.92 Å². The van der Waals surface area contributed by atoms with Crippen LogP contribution in [-0.4, -0.2) is 20.6 Å². The maximum atomic E-state index is 13.6. The van der Waals surface area contributed by atoms with E-state index in [1.165, 1.54) is 26.1 Å². The third-order valence-corrected chi connectivity index (χ3v) is 3.00. The number of carbonyl (C=O) groups is 1. The van der Waals surface area contributed by atoms with E-state index in [1.54, 1.807) is 0 Å². The molecule has 0 spiro atoms. The van der Waals surface area contributed by atoms with Gasteiger partial charge in [0, 0.05) is 12.1 Å². The van der Waals surface area contributed by atoms with E-state index in [0.717, 1.165) is 10.7 Å². The summed E-state index contributed by atoms with van der Waals surface area (Å²) < 4.78 is 14.7. The fourth-order valence-corrected chi connectivity index (χ4v) is 2.05. The highest BCUT2D eigenvalue weighted by Gasteiger charge is 2.29. The third-order valence-electron chi connectivity index (χ3n) is 2.77. The molecule has 1 aromatic carbocycles. The molecule has 0 saturated carbocycles. The summed E-state index contributed by atoms with van der Waals surface area (Å²) in [4.78, 5) is 22.4. The number of rotatable bonds is 3. The van der Waals surface area contributed by atoms with E-state index in [2.05, 4.69) is 10.4 Å². The fraction of sp³-hybridized carbons (Fsp3) is 0.167. The summed E-state index contributed by atoms with van der Waals surface area (Å²) in [6.07, 6.45) is 0. The van der Waals surface area contributed by atoms with Crippen LogP contribution in [0, 0.1) is 22.9 Å². The van der Waals surface area contributed by atoms with Gasteiger partial charge >= 0.3 is 5.69 Å². The van der Waals surface area contributed by atoms with Crippen LogP contribution < -0.4 is 5.32 Å². The van der Waals surface area contributed by atoms with Gasteiger partial charge in [-0.3, -0.25) is 19.6 Å². The van der Waals surface area contributed by atoms with Crippen LogP contribution in [0.15, 0.2) is 18.2 Å². The van der Waals surface area contributed by atoms with E-state index >= 15 is 0 Å². The van der Waals surface area contributed by atoms with Crippen molar-refractivity contribution in [1.82, 2.24) is 9.78 Å². The maximum Gasteiger partial charge on any atom is 0.322 e. The van der Waals surface area contributed by atoms with E-state index in [0.29, 0.717) is 0 Å². The Labute approximate surface area is 123 Å². The standard InChI is InChI=1S/C12H10ClFN4O3/c1-6-10(18(20)21)11(17(2)16-6)12(19)15-9-4-3-7(13)5-8(9)14/h3-5H,1-2H3,(H,15,19). The van der Waals surface area contributed by atoms with Gasteiger partial charge < -0.3 is 5.32 Å². The van der Waals surface area contributed by atoms with Crippen molar-refractivity contribution < 1.29 is 14.1 Å². The average Bonchev–Trinajstić information content (AvgIpc) is 2.67. The molecule has 110 valence electrons. The number of amides is 1. The SMILES string of the molecule is Cc1nn(C)c(C(=O)Nc2ccc(Cl)cc2F)c1[N+](=O)[O-]. The molecule has 0 aliphatic carbocycles. The molecule has 0 radical (unpaired) electrons. The Balaban J connectivity index is 2.39. The van der Waals surface area contributed by atoms with Crippen LogP contribution in [-0.2, 0) is 7.05 Å². The van der Waals surface area contributed by atoms with Crippen molar-refractivity contribution in [2.75, 3.05) is 5.32 Å². The number of nitrogens with one attached hydrogen (secondary N) is 1. The second-order valence-electron chi connectivity index (χ2n) is 4.24. The number of carbonyl (C=O) groups excluding carboxylic acids is 1. The molecule has 0 atom stereocenters. The Morgan fingerprint density at radius 1 is 1.52 bits per heavy atom. The number of halogens is 2. The van der Waals surface area contributed by atoms with Gasteiger partial charge in [0.25, 0.3) is 5.91 Å². The van der Waals surface area contributed by atoms with Crippen LogP contribution in [0.1, 0.15) is 16.2 Å². The Hall–Kier alpha value is -2.48. The zero-order valence-corrected chi connectivity index (χ0v) is 11.8. The minimum Gasteiger partial charge on any atom is -0.318 e. The summed E-state index contributed by atoms with van der Waals surface area (Å²) in [5, 5.41) is 17.3. The van der Waals surface area contributed by atoms with Crippen molar-refractivity contribution in [2.24, 2.45) is 7.05 Å². The van der Waals surface area contributed by atoms with E-state index in [1.807, 2.05) is 0 Å². The summed E-state index contributed by atoms with van der Waals surface area (Å²) >= 11 is 5.61. The Morgan fingerprint density at radius 2 is 2.19 bits per heavy atom. The molecule has 0 aliphatic heterocycles. The number of benzene rings is 1. The van der Waals surface area contributed by atoms with Crippen LogP contribution in [0.5, 0.6) is 0 Å². The normalized spacial score (nSPS) is 10.5. The van der Waals surface area contributed by atoms with Crippen LogP contribution in [0.4, 0.5) is 15.8 Å². The molecular formula is C12H10ClFN4O3. The largest absolute Gasteiger partial charge is 0.322 e. The molecule has 21 heavy (non-hydrogen) atoms. The van der Waals surface area contributed by atoms with E-state index in [-0.39, 0.29) is 22.1 Å². The van der Waals surface area contributed by atoms with Crippen molar-refractivity contribution in [1.29, 1.82) is 0 Å². The number of hydrogen-bond donors (Lipinski definition) is 1. The number of hydrogen-bond acceptors (Lipinski definition) is 4. The van der Waals surface area contributed by atoms with Crippen molar-refractivity contribution in [3.8, 4) is 0 Å². The van der Waals surface area contributed by atoms with Gasteiger partial charge in [0.05, 0.1) is 10.6 Å². The molecule has 0 unspecified atom stereocenters. The van der Waals surface area contributed by atoms with Crippen molar-refractivity contribution in [3.63, 3.8) is 0 Å². The first-order chi connectivity index (χ1) is 9.81. The van der Waals surface area contributed by atoms with Crippen LogP contribution in [0.25, 0.3) is 0 Å². The topological polar surface area (TPSA) is 90.1 Å². The highest BCUT2D eigenvalue weighted by atomic mass is 35.5. The Kier molecular flexibility index (Phi) is 3.90. The lowest BCUT2D eigenvalue weighted by molar-refractivity contribution is -0.385. The number of aryl methyl sites for hydroxylation is 2. The van der Waals surface area contributed by atoms with Gasteiger partial charge in [0.15, 0.2) is 0 Å². The number of aromatic nitrogens is 2. The highest BCUT2D eigenvalue weighted by molar-refractivity contribution is 6.30. The number of nitrogens with zero attached hydrogens (tertiary/aromatic N) is 3. The third kappa shape index (κ3) is 2.84. The minimum absolute atomic E-state index is 0.101. The monoisotopic (exact) mass is 312 g/mol. The van der Waals surface area contributed by atoms with Gasteiger partial charge in [-0.15, -0.1) is 0 Å². The summed E-state index contributed by atoms with van der Waals surface area (Å²) in [7, 11) is 1.40. The van der Waals surface area contributed by atoms with Crippen molar-refractivity contribution >= 4 is 28.9 Å². The van der Waals surface area contributed by atoms with Gasteiger partial charge in [-0.05, 0) is 25.1 Å². The molecule has 9 heteroatoms. The first-order valence-electron chi connectivity index (χ1n) is 5.75. The fourth-order valence-electron chi connectivity index (χ4n) is 1.89. The summed E-state index contributed by atoms with van der Waals surface area (Å²) in [6, 6.07) is 3.69. The number of nitro groups is 1. The van der Waals surface area contributed by atoms with Gasteiger partial charge in [-0.25, -0.2) is 4.39 Å². The molecule has 2 aromatic rings. The quantitative estimate of drug-likeness (QED) is 0.697. The maximum absolute atomic E-state index is 13.6. The predicted octanol–water partition coefficient (Wildman–Crippen LogP) is 2.68. The van der Waals surface area contributed by atoms with Gasteiger partial charge in [-0.1, -0.05) is 11.6 Å². The summed E-state index contributed by atoms with van der Waals surface area (Å²) in [5.41, 5.74) is -0.696. The smallest absolute Gasteiger partial charge is 0.318 e. The van der Waals surface area contributed by atoms with Crippen LogP contribution >= 0.6 is 11.6 Å². The molecule has 0 bridgehead atoms. The molecule has 0 aliphatic rings. The van der Waals surface area contributed by atoms with E-state index in [4.69, 9.17) is 11.6 Å². The summed E-state index contributed by atoms with van der Waals surface area (Å²) in [5.74, 6) is -1.57. The lowest BCUT2D eigenvalue weighted by Gasteiger charge is -2.06. The summed E-state index contributed by atoms with van der Waals surface area (Å²) in [6.45, 7) is 1.41. The van der Waals surface area contributed by atoms with E-state index < -0.39 is 22.3 Å². The zero-order chi connectivity index (χ0) is 15.7. The lowest BCUT2D eigenvalue weighted by Crippen LogP contribution is -2.18. The molecule has 2 rings (SSSR count). The minimum atomic E-state index is -0.828. The molecule has 1 aromatic heterocycles. The van der Waals surface area contributed by atoms with Gasteiger partial charge in [0.1, 0.15) is 11.5 Å². The first kappa shape index (κ1) is 14.9. The first-order valence-corrected chi connectivity index (χ1v) is 6.13. The highest BCUT2D eigenvalue weighted by Crippen LogP contribution is 2.24. The molecule has 0 saturated heterocycles. The Bertz CT molecular complexity index is 744. The molecule has 0 fully saturated rings. The second kappa shape index (κ2) is 5.49. The average molecular weight is 313 g/mol.